The van der Waals surface area contributed by atoms with Gasteiger partial charge >= 0.3 is 0 Å². The van der Waals surface area contributed by atoms with Crippen molar-refractivity contribution in [3.8, 4) is 5.75 Å². The highest BCUT2D eigenvalue weighted by atomic mass is 16.5. The fraction of sp³-hybridized carbons (Fsp3) is 0.450. The van der Waals surface area contributed by atoms with Crippen LogP contribution in [0.4, 0.5) is 0 Å². The zero-order valence-electron chi connectivity index (χ0n) is 15.6. The number of carbonyl (C=O) groups excluding carboxylic acids is 2. The van der Waals surface area contributed by atoms with Crippen LogP contribution in [0.3, 0.4) is 0 Å². The number of amides is 2. The fourth-order valence-electron chi connectivity index (χ4n) is 3.79. The van der Waals surface area contributed by atoms with Gasteiger partial charge in [0, 0.05) is 26.2 Å². The maximum atomic E-state index is 12.8. The van der Waals surface area contributed by atoms with Gasteiger partial charge in [-0.15, -0.1) is 0 Å². The second kappa shape index (κ2) is 8.02. The van der Waals surface area contributed by atoms with E-state index in [0.29, 0.717) is 44.8 Å². The molecule has 2 aliphatic heterocycles. The molecule has 0 radical (unpaired) electrons. The van der Waals surface area contributed by atoms with Gasteiger partial charge in [0.2, 0.25) is 0 Å². The summed E-state index contributed by atoms with van der Waals surface area (Å²) in [5, 5.41) is 17.1. The van der Waals surface area contributed by atoms with E-state index in [2.05, 4.69) is 10.4 Å². The summed E-state index contributed by atoms with van der Waals surface area (Å²) in [4.78, 5) is 27.0. The van der Waals surface area contributed by atoms with E-state index in [1.54, 1.807) is 24.4 Å². The molecule has 8 nitrogen and oxygen atoms in total. The van der Waals surface area contributed by atoms with Crippen LogP contribution in [0.1, 0.15) is 32.8 Å². The Bertz CT molecular complexity index is 873. The van der Waals surface area contributed by atoms with E-state index in [1.807, 2.05) is 9.58 Å². The number of para-hydroxylation sites is 1. The molecule has 0 spiro atoms. The van der Waals surface area contributed by atoms with Gasteiger partial charge in [-0.05, 0) is 30.9 Å². The van der Waals surface area contributed by atoms with E-state index < -0.39 is 0 Å². The van der Waals surface area contributed by atoms with Gasteiger partial charge in [0.15, 0.2) is 0 Å². The van der Waals surface area contributed by atoms with Crippen LogP contribution in [-0.4, -0.2) is 64.4 Å². The van der Waals surface area contributed by atoms with Gasteiger partial charge < -0.3 is 20.1 Å². The third-order valence-electron chi connectivity index (χ3n) is 5.41. The summed E-state index contributed by atoms with van der Waals surface area (Å²) in [7, 11) is 0. The Morgan fingerprint density at radius 2 is 1.96 bits per heavy atom. The molecule has 0 saturated carbocycles. The number of benzene rings is 1. The Morgan fingerprint density at radius 1 is 1.18 bits per heavy atom. The van der Waals surface area contributed by atoms with Crippen molar-refractivity contribution in [3.63, 3.8) is 0 Å². The predicted octanol–water partition coefficient (Wildman–Crippen LogP) is 1.05. The minimum absolute atomic E-state index is 0.00319. The fourth-order valence-corrected chi connectivity index (χ4v) is 3.79. The normalized spacial score (nSPS) is 19.1. The number of fused-ring (bicyclic) bond motifs is 1. The average molecular weight is 384 g/mol. The lowest BCUT2D eigenvalue weighted by atomic mass is 9.94. The van der Waals surface area contributed by atoms with Gasteiger partial charge in [-0.1, -0.05) is 12.1 Å². The van der Waals surface area contributed by atoms with Crippen LogP contribution in [-0.2, 0) is 17.7 Å². The Labute approximate surface area is 163 Å². The third kappa shape index (κ3) is 3.73. The molecule has 1 unspecified atom stereocenters. The number of hydrogen-bond donors (Lipinski definition) is 2. The number of phenolic OH excluding ortho intramolecular Hbond substituents is 1. The molecule has 1 saturated heterocycles. The average Bonchev–Trinajstić information content (AvgIpc) is 3.15. The number of carbonyl (C=O) groups is 2. The molecule has 2 amide bonds. The topological polar surface area (TPSA) is 96.7 Å². The molecular weight excluding hydrogens is 360 g/mol. The monoisotopic (exact) mass is 384 g/mol. The number of aromatic nitrogens is 2. The first-order chi connectivity index (χ1) is 13.6. The van der Waals surface area contributed by atoms with Crippen molar-refractivity contribution in [2.24, 2.45) is 5.92 Å². The number of nitrogens with zero attached hydrogens (tertiary/aromatic N) is 3. The number of phenols is 1. The summed E-state index contributed by atoms with van der Waals surface area (Å²) in [5.74, 6) is -0.0967. The summed E-state index contributed by atoms with van der Waals surface area (Å²) >= 11 is 0. The molecule has 0 aliphatic carbocycles. The number of nitrogens with one attached hydrogen (secondary N) is 1. The Hall–Kier alpha value is -2.87. The number of aromatic hydroxyl groups is 1. The van der Waals surface area contributed by atoms with Crippen LogP contribution in [0.15, 0.2) is 30.5 Å². The molecular formula is C20H24N4O4. The second-order valence-corrected chi connectivity index (χ2v) is 7.22. The summed E-state index contributed by atoms with van der Waals surface area (Å²) in [6.07, 6.45) is 3.23. The van der Waals surface area contributed by atoms with E-state index in [-0.39, 0.29) is 29.0 Å². The Balaban J connectivity index is 1.40. The first kappa shape index (κ1) is 18.5. The van der Waals surface area contributed by atoms with Crippen LogP contribution in [0.2, 0.25) is 0 Å². The number of ether oxygens (including phenoxy) is 1. The maximum absolute atomic E-state index is 12.8. The first-order valence-corrected chi connectivity index (χ1v) is 9.61. The summed E-state index contributed by atoms with van der Waals surface area (Å²) in [5.41, 5.74) is 1.86. The molecule has 3 heterocycles. The van der Waals surface area contributed by atoms with Crippen molar-refractivity contribution < 1.29 is 19.4 Å². The predicted molar refractivity (Wildman–Crippen MR) is 101 cm³/mol. The minimum atomic E-state index is -0.290. The molecule has 1 fully saturated rings. The summed E-state index contributed by atoms with van der Waals surface area (Å²) < 4.78 is 7.22. The van der Waals surface area contributed by atoms with E-state index in [1.165, 1.54) is 6.07 Å². The Kier molecular flexibility index (Phi) is 5.29. The van der Waals surface area contributed by atoms with Crippen molar-refractivity contribution in [3.05, 3.63) is 47.3 Å². The van der Waals surface area contributed by atoms with E-state index in [4.69, 9.17) is 4.74 Å². The zero-order valence-corrected chi connectivity index (χ0v) is 15.6. The van der Waals surface area contributed by atoms with Crippen LogP contribution in [0.5, 0.6) is 5.75 Å². The lowest BCUT2D eigenvalue weighted by molar-refractivity contribution is 0.0301. The minimum Gasteiger partial charge on any atom is -0.507 e. The van der Waals surface area contributed by atoms with E-state index >= 15 is 0 Å². The molecule has 0 bridgehead atoms. The second-order valence-electron chi connectivity index (χ2n) is 7.22. The van der Waals surface area contributed by atoms with Gasteiger partial charge in [-0.2, -0.15) is 5.10 Å². The van der Waals surface area contributed by atoms with Crippen LogP contribution < -0.4 is 5.32 Å². The summed E-state index contributed by atoms with van der Waals surface area (Å²) in [6, 6.07) is 6.50. The van der Waals surface area contributed by atoms with Crippen molar-refractivity contribution >= 4 is 11.8 Å². The van der Waals surface area contributed by atoms with Crippen LogP contribution in [0.25, 0.3) is 0 Å². The molecule has 148 valence electrons. The quantitative estimate of drug-likeness (QED) is 0.822. The molecule has 1 aromatic carbocycles. The van der Waals surface area contributed by atoms with Gasteiger partial charge in [-0.25, -0.2) is 0 Å². The molecule has 2 aliphatic rings. The maximum Gasteiger partial charge on any atom is 0.257 e. The Morgan fingerprint density at radius 3 is 2.75 bits per heavy atom. The van der Waals surface area contributed by atoms with Crippen LogP contribution in [0, 0.1) is 5.92 Å². The van der Waals surface area contributed by atoms with Crippen LogP contribution >= 0.6 is 0 Å². The smallest absolute Gasteiger partial charge is 0.257 e. The van der Waals surface area contributed by atoms with Crippen molar-refractivity contribution in [1.82, 2.24) is 20.0 Å². The lowest BCUT2D eigenvalue weighted by Gasteiger charge is -2.28. The SMILES string of the molecule is O=C(NCC1CCn2ncc(C(=O)N3CCOCC3)c2C1)c1ccccc1O. The van der Waals surface area contributed by atoms with E-state index in [0.717, 1.165) is 18.7 Å². The van der Waals surface area contributed by atoms with Crippen molar-refractivity contribution in [2.75, 3.05) is 32.8 Å². The van der Waals surface area contributed by atoms with Gasteiger partial charge in [0.1, 0.15) is 5.75 Å². The molecule has 8 heteroatoms. The third-order valence-corrected chi connectivity index (χ3v) is 5.41. The first-order valence-electron chi connectivity index (χ1n) is 9.61. The molecule has 28 heavy (non-hydrogen) atoms. The van der Waals surface area contributed by atoms with Gasteiger partial charge in [0.05, 0.1) is 36.2 Å². The standard InChI is InChI=1S/C20H24N4O4/c25-18-4-2-1-3-15(18)19(26)21-12-14-5-6-24-17(11-14)16(13-22-24)20(27)23-7-9-28-10-8-23/h1-4,13-14,25H,5-12H2,(H,21,26). The highest BCUT2D eigenvalue weighted by Gasteiger charge is 2.28. The molecule has 1 aromatic heterocycles. The summed E-state index contributed by atoms with van der Waals surface area (Å²) in [6.45, 7) is 3.55. The highest BCUT2D eigenvalue weighted by Crippen LogP contribution is 2.24. The number of rotatable bonds is 4. The number of morpholine rings is 1. The van der Waals surface area contributed by atoms with Gasteiger partial charge in [-0.3, -0.25) is 14.3 Å². The van der Waals surface area contributed by atoms with Gasteiger partial charge in [0.25, 0.3) is 11.8 Å². The molecule has 1 atom stereocenters. The van der Waals surface area contributed by atoms with Crippen molar-refractivity contribution in [1.29, 1.82) is 0 Å². The highest BCUT2D eigenvalue weighted by molar-refractivity contribution is 5.97. The number of aryl methyl sites for hydroxylation is 1. The lowest BCUT2D eigenvalue weighted by Crippen LogP contribution is -2.41. The zero-order chi connectivity index (χ0) is 19.5. The number of hydrogen-bond acceptors (Lipinski definition) is 5. The largest absolute Gasteiger partial charge is 0.507 e. The van der Waals surface area contributed by atoms with E-state index in [9.17, 15) is 14.7 Å². The van der Waals surface area contributed by atoms with Crippen molar-refractivity contribution in [2.45, 2.75) is 19.4 Å². The molecule has 4 rings (SSSR count). The molecule has 2 N–H and O–H groups in total. The molecule has 2 aromatic rings.